The van der Waals surface area contributed by atoms with Gasteiger partial charge in [0.1, 0.15) is 11.0 Å². The summed E-state index contributed by atoms with van der Waals surface area (Å²) >= 11 is 6.31. The number of rotatable bonds is 5. The second-order valence-electron chi connectivity index (χ2n) is 8.73. The minimum Gasteiger partial charge on any atom is -0.397 e. The number of benzene rings is 1. The van der Waals surface area contributed by atoms with Crippen LogP contribution in [0.1, 0.15) is 35.9 Å². The molecule has 6 nitrogen and oxygen atoms in total. The van der Waals surface area contributed by atoms with E-state index in [1.54, 1.807) is 6.20 Å². The zero-order chi connectivity index (χ0) is 24.5. The molecule has 1 aliphatic rings. The van der Waals surface area contributed by atoms with Crippen LogP contribution >= 0.6 is 11.6 Å². The molecule has 3 heterocycles. The lowest BCUT2D eigenvalue weighted by molar-refractivity contribution is 1.06. The molecule has 0 aliphatic heterocycles. The van der Waals surface area contributed by atoms with Gasteiger partial charge in [0.15, 0.2) is 5.65 Å². The maximum atomic E-state index is 6.62. The van der Waals surface area contributed by atoms with Crippen molar-refractivity contribution in [2.75, 3.05) is 5.73 Å². The molecule has 5 rings (SSSR count). The second-order valence-corrected chi connectivity index (χ2v) is 9.12. The highest BCUT2D eigenvalue weighted by molar-refractivity contribution is 6.29. The lowest BCUT2D eigenvalue weighted by Gasteiger charge is -2.15. The van der Waals surface area contributed by atoms with Crippen LogP contribution in [0, 0.1) is 6.92 Å². The lowest BCUT2D eigenvalue weighted by atomic mass is 9.96. The molecule has 3 aromatic heterocycles. The summed E-state index contributed by atoms with van der Waals surface area (Å²) in [6.45, 7) is 4.49. The van der Waals surface area contributed by atoms with Crippen LogP contribution in [0.3, 0.4) is 0 Å². The third-order valence-electron chi connectivity index (χ3n) is 6.03. The highest BCUT2D eigenvalue weighted by atomic mass is 35.5. The average molecular weight is 481 g/mol. The fourth-order valence-corrected chi connectivity index (χ4v) is 4.51. The smallest absolute Gasteiger partial charge is 0.161 e. The monoisotopic (exact) mass is 480 g/mol. The summed E-state index contributed by atoms with van der Waals surface area (Å²) in [4.78, 5) is 18.4. The Labute approximate surface area is 209 Å². The summed E-state index contributed by atoms with van der Waals surface area (Å²) < 4.78 is 0. The Hall–Kier alpha value is -4.03. The number of aryl methyl sites for hydroxylation is 1. The van der Waals surface area contributed by atoms with Gasteiger partial charge in [-0.3, -0.25) is 4.99 Å². The molecule has 0 amide bonds. The summed E-state index contributed by atoms with van der Waals surface area (Å²) in [6.07, 6.45) is 6.70. The highest BCUT2D eigenvalue weighted by Crippen LogP contribution is 2.37. The van der Waals surface area contributed by atoms with Crippen LogP contribution in [0.25, 0.3) is 27.7 Å². The van der Waals surface area contributed by atoms with Crippen molar-refractivity contribution in [3.63, 3.8) is 0 Å². The molecule has 7 heteroatoms. The number of amidine groups is 1. The number of allylic oxidation sites excluding steroid dienone is 4. The fraction of sp³-hybridized carbons (Fsp3) is 0.143. The molecule has 0 fully saturated rings. The van der Waals surface area contributed by atoms with Crippen molar-refractivity contribution in [3.8, 4) is 11.1 Å². The summed E-state index contributed by atoms with van der Waals surface area (Å²) in [5.41, 5.74) is 21.6. The maximum Gasteiger partial charge on any atom is 0.161 e. The Balaban J connectivity index is 1.64. The first-order valence-corrected chi connectivity index (χ1v) is 11.7. The Kier molecular flexibility index (Phi) is 6.05. The summed E-state index contributed by atoms with van der Waals surface area (Å²) in [5.74, 6) is 0.340. The summed E-state index contributed by atoms with van der Waals surface area (Å²) in [5, 5.41) is 1.14. The van der Waals surface area contributed by atoms with Crippen molar-refractivity contribution in [2.24, 2.45) is 10.7 Å². The molecule has 0 saturated carbocycles. The van der Waals surface area contributed by atoms with E-state index in [0.717, 1.165) is 40.1 Å². The Morgan fingerprint density at radius 2 is 1.86 bits per heavy atom. The van der Waals surface area contributed by atoms with Crippen molar-refractivity contribution < 1.29 is 0 Å². The Morgan fingerprint density at radius 3 is 2.57 bits per heavy atom. The van der Waals surface area contributed by atoms with Gasteiger partial charge in [0.2, 0.25) is 0 Å². The van der Waals surface area contributed by atoms with Gasteiger partial charge in [-0.25, -0.2) is 15.0 Å². The molecule has 1 aromatic carbocycles. The van der Waals surface area contributed by atoms with E-state index in [1.807, 2.05) is 55.5 Å². The number of hydrogen-bond donors (Lipinski definition) is 2. The van der Waals surface area contributed by atoms with E-state index in [4.69, 9.17) is 28.1 Å². The van der Waals surface area contributed by atoms with Gasteiger partial charge < -0.3 is 11.5 Å². The van der Waals surface area contributed by atoms with E-state index in [1.165, 1.54) is 5.57 Å². The van der Waals surface area contributed by atoms with Crippen LogP contribution < -0.4 is 11.5 Å². The topological polar surface area (TPSA) is 103 Å². The van der Waals surface area contributed by atoms with Gasteiger partial charge in [-0.2, -0.15) is 0 Å². The van der Waals surface area contributed by atoms with Crippen molar-refractivity contribution >= 4 is 39.7 Å². The molecule has 0 spiro atoms. The molecule has 0 saturated heterocycles. The largest absolute Gasteiger partial charge is 0.397 e. The summed E-state index contributed by atoms with van der Waals surface area (Å²) in [7, 11) is 0. The van der Waals surface area contributed by atoms with Crippen molar-refractivity contribution in [3.05, 3.63) is 100 Å². The zero-order valence-electron chi connectivity index (χ0n) is 19.6. The number of nitrogens with zero attached hydrogens (tertiary/aromatic N) is 4. The lowest BCUT2D eigenvalue weighted by Crippen LogP contribution is -2.17. The fourth-order valence-electron chi connectivity index (χ4n) is 4.26. The Morgan fingerprint density at radius 1 is 1.06 bits per heavy atom. The van der Waals surface area contributed by atoms with E-state index in [2.05, 4.69) is 34.0 Å². The standard InChI is InChI=1S/C28H25ClN6/c1-16-8-9-19(10-16)26-21(20-11-17(2)34-24(29)12-20)13-22-25(30)23(15-33-28(22)35-26)27(31)32-14-18-6-4-3-5-7-18/h3-9,11-13,15H,10,14H2,1-2H3,(H2,31,32)(H2,30,33,35). The third-order valence-corrected chi connectivity index (χ3v) is 6.22. The van der Waals surface area contributed by atoms with Crippen LogP contribution in [0.5, 0.6) is 0 Å². The number of aliphatic imine (C=N–C) groups is 1. The van der Waals surface area contributed by atoms with Gasteiger partial charge in [0, 0.05) is 22.8 Å². The first-order valence-electron chi connectivity index (χ1n) is 11.3. The molecular weight excluding hydrogens is 456 g/mol. The number of nitrogen functional groups attached to an aromatic ring is 1. The molecule has 4 N–H and O–H groups in total. The van der Waals surface area contributed by atoms with Crippen LogP contribution in [0.4, 0.5) is 5.69 Å². The SMILES string of the molecule is CC1=CC=C(c2nc3ncc(C(N)=NCc4ccccc4)c(N)c3cc2-c2cc(C)nc(Cl)c2)C1. The van der Waals surface area contributed by atoms with Gasteiger partial charge in [-0.15, -0.1) is 0 Å². The van der Waals surface area contributed by atoms with E-state index in [0.29, 0.717) is 39.8 Å². The van der Waals surface area contributed by atoms with Gasteiger partial charge in [-0.05, 0) is 55.2 Å². The minimum absolute atomic E-state index is 0.340. The van der Waals surface area contributed by atoms with Crippen molar-refractivity contribution in [1.82, 2.24) is 15.0 Å². The number of anilines is 1. The number of fused-ring (bicyclic) bond motifs is 1. The van der Waals surface area contributed by atoms with Crippen LogP contribution in [0.15, 0.2) is 77.4 Å². The van der Waals surface area contributed by atoms with Gasteiger partial charge in [-0.1, -0.05) is 59.7 Å². The van der Waals surface area contributed by atoms with Crippen molar-refractivity contribution in [2.45, 2.75) is 26.8 Å². The molecule has 4 aromatic rings. The first-order chi connectivity index (χ1) is 16.9. The maximum absolute atomic E-state index is 6.62. The minimum atomic E-state index is 0.340. The van der Waals surface area contributed by atoms with Gasteiger partial charge in [0.05, 0.1) is 23.5 Å². The van der Waals surface area contributed by atoms with Gasteiger partial charge in [0.25, 0.3) is 0 Å². The number of halogens is 1. The predicted molar refractivity (Wildman–Crippen MR) is 144 cm³/mol. The third kappa shape index (κ3) is 4.66. The molecular formula is C28H25ClN6. The second kappa shape index (κ2) is 9.31. The van der Waals surface area contributed by atoms with E-state index in [-0.39, 0.29) is 0 Å². The predicted octanol–water partition coefficient (Wildman–Crippen LogP) is 5.87. The highest BCUT2D eigenvalue weighted by Gasteiger charge is 2.19. The number of hydrogen-bond acceptors (Lipinski definition) is 5. The normalized spacial score (nSPS) is 13.7. The van der Waals surface area contributed by atoms with Crippen LogP contribution in [-0.2, 0) is 6.54 Å². The molecule has 0 atom stereocenters. The van der Waals surface area contributed by atoms with E-state index < -0.39 is 0 Å². The van der Waals surface area contributed by atoms with Gasteiger partial charge >= 0.3 is 0 Å². The van der Waals surface area contributed by atoms with E-state index >= 15 is 0 Å². The molecule has 35 heavy (non-hydrogen) atoms. The average Bonchev–Trinajstić information content (AvgIpc) is 3.28. The molecule has 0 bridgehead atoms. The zero-order valence-corrected chi connectivity index (χ0v) is 20.3. The number of pyridine rings is 3. The molecule has 0 unspecified atom stereocenters. The number of nitrogens with two attached hydrogens (primary N) is 2. The Bertz CT molecular complexity index is 1520. The van der Waals surface area contributed by atoms with Crippen molar-refractivity contribution in [1.29, 1.82) is 0 Å². The molecule has 1 aliphatic carbocycles. The van der Waals surface area contributed by atoms with E-state index in [9.17, 15) is 0 Å². The molecule has 0 radical (unpaired) electrons. The quantitative estimate of drug-likeness (QED) is 0.211. The first kappa shape index (κ1) is 22.7. The molecule has 174 valence electrons. The summed E-state index contributed by atoms with van der Waals surface area (Å²) in [6, 6.07) is 15.8. The van der Waals surface area contributed by atoms with Crippen LogP contribution in [-0.4, -0.2) is 20.8 Å². The number of aromatic nitrogens is 3. The van der Waals surface area contributed by atoms with Crippen LogP contribution in [0.2, 0.25) is 5.15 Å².